The average Bonchev–Trinajstić information content (AvgIpc) is 3.08. The van der Waals surface area contributed by atoms with E-state index >= 15 is 0 Å². The van der Waals surface area contributed by atoms with E-state index in [1.807, 2.05) is 12.1 Å². The minimum Gasteiger partial charge on any atom is -0.289 e. The number of H-pyrrole nitrogens is 1. The minimum absolute atomic E-state index is 0.172. The molecule has 2 heterocycles. The highest BCUT2D eigenvalue weighted by molar-refractivity contribution is 7.98. The van der Waals surface area contributed by atoms with E-state index in [4.69, 9.17) is 11.6 Å². The van der Waals surface area contributed by atoms with Crippen LogP contribution in [0.2, 0.25) is 5.02 Å². The van der Waals surface area contributed by atoms with E-state index in [0.717, 1.165) is 23.4 Å². The van der Waals surface area contributed by atoms with Gasteiger partial charge in [0.2, 0.25) is 0 Å². The topological polar surface area (TPSA) is 50.2 Å². The molecule has 4 aromatic rings. The molecule has 1 N–H and O–H groups in total. The van der Waals surface area contributed by atoms with Crippen LogP contribution in [0.1, 0.15) is 5.69 Å². The third kappa shape index (κ3) is 3.61. The Bertz CT molecular complexity index is 1210. The lowest BCUT2D eigenvalue weighted by molar-refractivity contribution is 0.491. The molecule has 136 valence electrons. The van der Waals surface area contributed by atoms with Gasteiger partial charge >= 0.3 is 0 Å². The van der Waals surface area contributed by atoms with Crippen LogP contribution < -0.4 is 5.56 Å². The fourth-order valence-corrected chi connectivity index (χ4v) is 3.71. The van der Waals surface area contributed by atoms with E-state index in [2.05, 4.69) is 10.1 Å². The number of fused-ring (bicyclic) bond motifs is 1. The van der Waals surface area contributed by atoms with Gasteiger partial charge in [0.15, 0.2) is 17.3 Å². The van der Waals surface area contributed by atoms with Crippen LogP contribution in [-0.4, -0.2) is 14.6 Å². The van der Waals surface area contributed by atoms with Crippen molar-refractivity contribution in [2.75, 3.05) is 0 Å². The van der Waals surface area contributed by atoms with E-state index in [9.17, 15) is 13.6 Å². The molecule has 0 unspecified atom stereocenters. The summed E-state index contributed by atoms with van der Waals surface area (Å²) < 4.78 is 28.4. The molecule has 0 saturated carbocycles. The van der Waals surface area contributed by atoms with Crippen molar-refractivity contribution in [2.24, 2.45) is 0 Å². The van der Waals surface area contributed by atoms with Crippen molar-refractivity contribution in [1.29, 1.82) is 0 Å². The Morgan fingerprint density at radius 3 is 2.74 bits per heavy atom. The van der Waals surface area contributed by atoms with Gasteiger partial charge in [0, 0.05) is 33.4 Å². The Kier molecular flexibility index (Phi) is 4.72. The molecular weight excluding hydrogens is 392 g/mol. The normalized spacial score (nSPS) is 11.2. The first kappa shape index (κ1) is 17.8. The lowest BCUT2D eigenvalue weighted by Gasteiger charge is -2.03. The highest BCUT2D eigenvalue weighted by atomic mass is 35.5. The maximum Gasteiger partial charge on any atom is 0.272 e. The monoisotopic (exact) mass is 403 g/mol. The molecule has 4 rings (SSSR count). The number of hydrogen-bond acceptors (Lipinski definition) is 3. The maximum atomic E-state index is 13.8. The summed E-state index contributed by atoms with van der Waals surface area (Å²) in [4.78, 5) is 17.0. The summed E-state index contributed by atoms with van der Waals surface area (Å²) in [5.74, 6) is -1.56. The highest BCUT2D eigenvalue weighted by Crippen LogP contribution is 2.26. The molecule has 0 aliphatic carbocycles. The number of nitrogens with one attached hydrogen (secondary N) is 1. The largest absolute Gasteiger partial charge is 0.289 e. The molecule has 0 bridgehead atoms. The Morgan fingerprint density at radius 1 is 1.11 bits per heavy atom. The quantitative estimate of drug-likeness (QED) is 0.492. The molecule has 0 radical (unpaired) electrons. The van der Waals surface area contributed by atoms with Crippen LogP contribution in [0, 0.1) is 11.6 Å². The minimum atomic E-state index is -0.903. The molecule has 27 heavy (non-hydrogen) atoms. The van der Waals surface area contributed by atoms with Gasteiger partial charge < -0.3 is 0 Å². The van der Waals surface area contributed by atoms with Crippen LogP contribution in [0.5, 0.6) is 0 Å². The van der Waals surface area contributed by atoms with Gasteiger partial charge in [-0.25, -0.2) is 18.3 Å². The van der Waals surface area contributed by atoms with Gasteiger partial charge in [-0.3, -0.25) is 9.89 Å². The summed E-state index contributed by atoms with van der Waals surface area (Å²) >= 11 is 7.10. The van der Waals surface area contributed by atoms with Crippen molar-refractivity contribution in [1.82, 2.24) is 14.6 Å². The van der Waals surface area contributed by atoms with Crippen molar-refractivity contribution in [2.45, 2.75) is 10.6 Å². The third-order valence-corrected chi connectivity index (χ3v) is 5.23. The zero-order valence-electron chi connectivity index (χ0n) is 13.7. The number of hydrogen-bond donors (Lipinski definition) is 1. The lowest BCUT2D eigenvalue weighted by atomic mass is 10.1. The summed E-state index contributed by atoms with van der Waals surface area (Å²) in [5, 5.41) is 3.58. The van der Waals surface area contributed by atoms with Gasteiger partial charge in [0.05, 0.1) is 11.4 Å². The van der Waals surface area contributed by atoms with Crippen molar-refractivity contribution in [3.63, 3.8) is 0 Å². The Hall–Kier alpha value is -2.64. The summed E-state index contributed by atoms with van der Waals surface area (Å²) in [7, 11) is 0. The molecule has 0 spiro atoms. The van der Waals surface area contributed by atoms with Gasteiger partial charge in [-0.05, 0) is 24.3 Å². The molecular formula is C19H12ClF2N3OS. The maximum absolute atomic E-state index is 13.8. The number of rotatable bonds is 4. The second-order valence-corrected chi connectivity index (χ2v) is 7.25. The molecule has 8 heteroatoms. The van der Waals surface area contributed by atoms with E-state index in [1.165, 1.54) is 22.7 Å². The molecule has 0 aliphatic heterocycles. The van der Waals surface area contributed by atoms with Gasteiger partial charge in [0.25, 0.3) is 5.56 Å². The van der Waals surface area contributed by atoms with Gasteiger partial charge in [-0.15, -0.1) is 11.8 Å². The summed E-state index contributed by atoms with van der Waals surface area (Å²) in [6.45, 7) is 0. The first-order valence-corrected chi connectivity index (χ1v) is 9.32. The number of halogens is 3. The molecule has 2 aromatic carbocycles. The summed E-state index contributed by atoms with van der Waals surface area (Å²) in [5.41, 5.74) is 2.15. The third-order valence-electron chi connectivity index (χ3n) is 3.93. The SMILES string of the molecule is O=c1cc(CSc2cccc(F)c2F)nc2cc(-c3cccc(Cl)c3)[nH]n12. The first-order chi connectivity index (χ1) is 13.0. The molecule has 0 fully saturated rings. The molecule has 4 nitrogen and oxygen atoms in total. The molecule has 0 amide bonds. The van der Waals surface area contributed by atoms with Gasteiger partial charge in [0.1, 0.15) is 0 Å². The average molecular weight is 404 g/mol. The van der Waals surface area contributed by atoms with E-state index < -0.39 is 11.6 Å². The van der Waals surface area contributed by atoms with Crippen LogP contribution in [0.25, 0.3) is 16.9 Å². The van der Waals surface area contributed by atoms with E-state index in [1.54, 1.807) is 18.2 Å². The summed E-state index contributed by atoms with van der Waals surface area (Å²) in [6, 6.07) is 14.3. The smallest absolute Gasteiger partial charge is 0.272 e. The zero-order valence-corrected chi connectivity index (χ0v) is 15.3. The van der Waals surface area contributed by atoms with Crippen LogP contribution in [0.15, 0.2) is 64.3 Å². The number of nitrogens with zero attached hydrogens (tertiary/aromatic N) is 2. The number of aromatic amines is 1. The van der Waals surface area contributed by atoms with Crippen LogP contribution in [0.4, 0.5) is 8.78 Å². The molecule has 0 atom stereocenters. The molecule has 2 aromatic heterocycles. The van der Waals surface area contributed by atoms with Crippen molar-refractivity contribution >= 4 is 29.0 Å². The van der Waals surface area contributed by atoms with Crippen molar-refractivity contribution < 1.29 is 8.78 Å². The van der Waals surface area contributed by atoms with Crippen LogP contribution in [-0.2, 0) is 5.75 Å². The second-order valence-electron chi connectivity index (χ2n) is 5.80. The highest BCUT2D eigenvalue weighted by Gasteiger charge is 2.11. The Balaban J connectivity index is 1.65. The van der Waals surface area contributed by atoms with E-state index in [-0.39, 0.29) is 16.2 Å². The van der Waals surface area contributed by atoms with E-state index in [0.29, 0.717) is 22.1 Å². The summed E-state index contributed by atoms with van der Waals surface area (Å²) in [6.07, 6.45) is 0. The number of aromatic nitrogens is 3. The lowest BCUT2D eigenvalue weighted by Crippen LogP contribution is -2.15. The van der Waals surface area contributed by atoms with Gasteiger partial charge in [-0.1, -0.05) is 29.8 Å². The number of benzene rings is 2. The Labute approximate surface area is 161 Å². The predicted molar refractivity (Wildman–Crippen MR) is 102 cm³/mol. The standard InChI is InChI=1S/C19H12ClF2N3OS/c20-12-4-1-3-11(7-12)15-9-17-23-13(8-18(26)25(17)24-15)10-27-16-6-2-5-14(21)19(16)22/h1-9,24H,10H2. The predicted octanol–water partition coefficient (Wildman–Crippen LogP) is 4.91. The fourth-order valence-electron chi connectivity index (χ4n) is 2.67. The second kappa shape index (κ2) is 7.17. The van der Waals surface area contributed by atoms with Crippen molar-refractivity contribution in [3.05, 3.63) is 87.3 Å². The number of thioether (sulfide) groups is 1. The Morgan fingerprint density at radius 2 is 1.93 bits per heavy atom. The fraction of sp³-hybridized carbons (Fsp3) is 0.0526. The van der Waals surface area contributed by atoms with Crippen LogP contribution in [0.3, 0.4) is 0 Å². The molecule has 0 aliphatic rings. The first-order valence-electron chi connectivity index (χ1n) is 7.96. The molecule has 0 saturated heterocycles. The van der Waals surface area contributed by atoms with Crippen molar-refractivity contribution in [3.8, 4) is 11.3 Å². The zero-order chi connectivity index (χ0) is 19.0. The van der Waals surface area contributed by atoms with Gasteiger partial charge in [-0.2, -0.15) is 0 Å². The van der Waals surface area contributed by atoms with Crippen LogP contribution >= 0.6 is 23.4 Å².